The minimum Gasteiger partial charge on any atom is -0.486 e. The van der Waals surface area contributed by atoms with E-state index >= 15 is 0 Å². The molecule has 0 bridgehead atoms. The van der Waals surface area contributed by atoms with Crippen molar-refractivity contribution in [3.63, 3.8) is 0 Å². The molecule has 0 amide bonds. The Labute approximate surface area is 121 Å². The monoisotopic (exact) mass is 298 g/mol. The minimum atomic E-state index is -0.385. The number of ether oxygens (including phenoxy) is 3. The van der Waals surface area contributed by atoms with Gasteiger partial charge < -0.3 is 14.2 Å². The van der Waals surface area contributed by atoms with E-state index in [0.29, 0.717) is 41.9 Å². The van der Waals surface area contributed by atoms with E-state index in [-0.39, 0.29) is 24.6 Å². The third-order valence-electron chi connectivity index (χ3n) is 2.78. The van der Waals surface area contributed by atoms with Crippen molar-refractivity contribution in [2.24, 2.45) is 0 Å². The molecule has 108 valence electrons. The number of carbonyl (C=O) groups excluding carboxylic acids is 2. The van der Waals surface area contributed by atoms with E-state index in [0.717, 1.165) is 0 Å². The lowest BCUT2D eigenvalue weighted by molar-refractivity contribution is -0.143. The summed E-state index contributed by atoms with van der Waals surface area (Å²) < 4.78 is 15.6. The molecule has 0 spiro atoms. The molecule has 0 saturated heterocycles. The van der Waals surface area contributed by atoms with E-state index in [9.17, 15) is 9.59 Å². The highest BCUT2D eigenvalue weighted by Crippen LogP contribution is 2.38. The van der Waals surface area contributed by atoms with Gasteiger partial charge >= 0.3 is 5.97 Å². The van der Waals surface area contributed by atoms with Gasteiger partial charge in [-0.05, 0) is 19.1 Å². The maximum atomic E-state index is 12.0. The number of carbonyl (C=O) groups is 2. The fraction of sp³-hybridized carbons (Fsp3) is 0.429. The number of ketones is 1. The zero-order chi connectivity index (χ0) is 14.5. The number of halogens is 1. The van der Waals surface area contributed by atoms with Gasteiger partial charge in [0.05, 0.1) is 18.1 Å². The summed E-state index contributed by atoms with van der Waals surface area (Å²) >= 11 is 6.05. The van der Waals surface area contributed by atoms with Gasteiger partial charge in [-0.15, -0.1) is 0 Å². The van der Waals surface area contributed by atoms with Gasteiger partial charge in [0.25, 0.3) is 0 Å². The smallest absolute Gasteiger partial charge is 0.306 e. The Kier molecular flexibility index (Phi) is 4.84. The van der Waals surface area contributed by atoms with Gasteiger partial charge in [-0.1, -0.05) is 11.6 Å². The van der Waals surface area contributed by atoms with Crippen LogP contribution in [0.25, 0.3) is 0 Å². The van der Waals surface area contributed by atoms with Gasteiger partial charge in [-0.3, -0.25) is 9.59 Å². The van der Waals surface area contributed by atoms with Crippen LogP contribution in [0.4, 0.5) is 0 Å². The van der Waals surface area contributed by atoms with Crippen LogP contribution in [0.15, 0.2) is 12.1 Å². The number of fused-ring (bicyclic) bond motifs is 1. The normalized spacial score (nSPS) is 12.9. The molecule has 1 aliphatic heterocycles. The van der Waals surface area contributed by atoms with Crippen LogP contribution in [-0.2, 0) is 9.53 Å². The molecule has 20 heavy (non-hydrogen) atoms. The van der Waals surface area contributed by atoms with Crippen molar-refractivity contribution in [3.8, 4) is 11.5 Å². The standard InChI is InChI=1S/C14H15ClO5/c1-2-18-13(17)4-3-11(16)9-7-10(15)14-12(8-9)19-5-6-20-14/h7-8H,2-6H2,1H3. The second-order valence-electron chi connectivity index (χ2n) is 4.21. The van der Waals surface area contributed by atoms with Gasteiger partial charge in [-0.2, -0.15) is 0 Å². The van der Waals surface area contributed by atoms with Crippen LogP contribution in [0.1, 0.15) is 30.1 Å². The van der Waals surface area contributed by atoms with Crippen molar-refractivity contribution < 1.29 is 23.8 Å². The molecule has 0 unspecified atom stereocenters. The van der Waals surface area contributed by atoms with E-state index in [1.54, 1.807) is 13.0 Å². The lowest BCUT2D eigenvalue weighted by Gasteiger charge is -2.20. The van der Waals surface area contributed by atoms with Crippen LogP contribution in [0.2, 0.25) is 5.02 Å². The summed E-state index contributed by atoms with van der Waals surface area (Å²) in [6.45, 7) is 2.88. The summed E-state index contributed by atoms with van der Waals surface area (Å²) in [5.41, 5.74) is 0.406. The van der Waals surface area contributed by atoms with Gasteiger partial charge in [0, 0.05) is 12.0 Å². The summed E-state index contributed by atoms with van der Waals surface area (Å²) in [4.78, 5) is 23.3. The number of hydrogen-bond acceptors (Lipinski definition) is 5. The van der Waals surface area contributed by atoms with Crippen LogP contribution in [-0.4, -0.2) is 31.6 Å². The Morgan fingerprint density at radius 3 is 2.75 bits per heavy atom. The molecule has 0 saturated carbocycles. The fourth-order valence-corrected chi connectivity index (χ4v) is 2.13. The van der Waals surface area contributed by atoms with E-state index in [4.69, 9.17) is 25.8 Å². The third-order valence-corrected chi connectivity index (χ3v) is 3.06. The molecule has 1 heterocycles. The first-order chi connectivity index (χ1) is 9.61. The summed E-state index contributed by atoms with van der Waals surface area (Å²) in [5.74, 6) is 0.351. The first-order valence-corrected chi connectivity index (χ1v) is 6.77. The average molecular weight is 299 g/mol. The number of esters is 1. The maximum Gasteiger partial charge on any atom is 0.306 e. The number of benzene rings is 1. The number of Topliss-reactive ketones (excluding diaryl/α,β-unsaturated/α-hetero) is 1. The molecule has 6 heteroatoms. The van der Waals surface area contributed by atoms with Crippen LogP contribution < -0.4 is 9.47 Å². The predicted molar refractivity (Wildman–Crippen MR) is 72.6 cm³/mol. The quantitative estimate of drug-likeness (QED) is 0.618. The van der Waals surface area contributed by atoms with E-state index < -0.39 is 0 Å². The van der Waals surface area contributed by atoms with Crippen molar-refractivity contribution in [3.05, 3.63) is 22.7 Å². The summed E-state index contributed by atoms with van der Waals surface area (Å²) in [6, 6.07) is 3.12. The van der Waals surface area contributed by atoms with E-state index in [1.165, 1.54) is 6.07 Å². The van der Waals surface area contributed by atoms with Crippen molar-refractivity contribution in [2.75, 3.05) is 19.8 Å². The summed E-state index contributed by atoms with van der Waals surface area (Å²) in [6.07, 6.45) is 0.132. The van der Waals surface area contributed by atoms with E-state index in [1.807, 2.05) is 0 Å². The second kappa shape index (κ2) is 6.61. The van der Waals surface area contributed by atoms with Crippen molar-refractivity contribution in [1.82, 2.24) is 0 Å². The molecule has 2 rings (SSSR count). The second-order valence-corrected chi connectivity index (χ2v) is 4.62. The molecule has 0 atom stereocenters. The van der Waals surface area contributed by atoms with Crippen LogP contribution in [0.3, 0.4) is 0 Å². The van der Waals surface area contributed by atoms with Gasteiger partial charge in [0.2, 0.25) is 0 Å². The molecule has 0 radical (unpaired) electrons. The van der Waals surface area contributed by atoms with Gasteiger partial charge in [0.15, 0.2) is 17.3 Å². The Balaban J connectivity index is 2.07. The Morgan fingerprint density at radius 1 is 1.25 bits per heavy atom. The van der Waals surface area contributed by atoms with Crippen molar-refractivity contribution >= 4 is 23.4 Å². The highest BCUT2D eigenvalue weighted by molar-refractivity contribution is 6.32. The zero-order valence-corrected chi connectivity index (χ0v) is 11.9. The largest absolute Gasteiger partial charge is 0.486 e. The SMILES string of the molecule is CCOC(=O)CCC(=O)c1cc(Cl)c2c(c1)OCCO2. The summed E-state index contributed by atoms with van der Waals surface area (Å²) in [5, 5.41) is 0.335. The Bertz CT molecular complexity index is 527. The number of rotatable bonds is 5. The summed E-state index contributed by atoms with van der Waals surface area (Å²) in [7, 11) is 0. The maximum absolute atomic E-state index is 12.0. The minimum absolute atomic E-state index is 0.0543. The Morgan fingerprint density at radius 2 is 2.00 bits per heavy atom. The molecular weight excluding hydrogens is 284 g/mol. The fourth-order valence-electron chi connectivity index (χ4n) is 1.86. The van der Waals surface area contributed by atoms with Gasteiger partial charge in [-0.25, -0.2) is 0 Å². The molecule has 0 N–H and O–H groups in total. The van der Waals surface area contributed by atoms with Crippen LogP contribution >= 0.6 is 11.6 Å². The molecule has 0 aliphatic carbocycles. The average Bonchev–Trinajstić information content (AvgIpc) is 2.45. The molecule has 0 aromatic heterocycles. The predicted octanol–water partition coefficient (Wildman–Crippen LogP) is 2.64. The topological polar surface area (TPSA) is 61.8 Å². The molecule has 1 aromatic rings. The van der Waals surface area contributed by atoms with Crippen LogP contribution in [0, 0.1) is 0 Å². The highest BCUT2D eigenvalue weighted by atomic mass is 35.5. The highest BCUT2D eigenvalue weighted by Gasteiger charge is 2.19. The zero-order valence-electron chi connectivity index (χ0n) is 11.1. The molecule has 5 nitrogen and oxygen atoms in total. The lowest BCUT2D eigenvalue weighted by Crippen LogP contribution is -2.16. The van der Waals surface area contributed by atoms with Crippen molar-refractivity contribution in [2.45, 2.75) is 19.8 Å². The molecule has 0 fully saturated rings. The molecular formula is C14H15ClO5. The molecule has 1 aliphatic rings. The van der Waals surface area contributed by atoms with E-state index in [2.05, 4.69) is 0 Å². The first kappa shape index (κ1) is 14.7. The number of hydrogen-bond donors (Lipinski definition) is 0. The third kappa shape index (κ3) is 3.42. The van der Waals surface area contributed by atoms with Crippen LogP contribution in [0.5, 0.6) is 11.5 Å². The van der Waals surface area contributed by atoms with Crippen molar-refractivity contribution in [1.29, 1.82) is 0 Å². The lowest BCUT2D eigenvalue weighted by atomic mass is 10.1. The Hall–Kier alpha value is -1.75. The first-order valence-electron chi connectivity index (χ1n) is 6.39. The van der Waals surface area contributed by atoms with Gasteiger partial charge in [0.1, 0.15) is 13.2 Å². The molecule has 1 aromatic carbocycles.